The maximum absolute atomic E-state index is 11.1. The number of nitro groups is 1. The summed E-state index contributed by atoms with van der Waals surface area (Å²) in [7, 11) is 0. The number of para-hydroxylation sites is 1. The van der Waals surface area contributed by atoms with Crippen LogP contribution in [-0.4, -0.2) is 9.49 Å². The summed E-state index contributed by atoms with van der Waals surface area (Å²) in [5.74, 6) is 0. The molecule has 0 spiro atoms. The summed E-state index contributed by atoms with van der Waals surface area (Å²) >= 11 is 0. The molecule has 0 unspecified atom stereocenters. The number of hydrogen-bond acceptors (Lipinski definition) is 2. The third-order valence-corrected chi connectivity index (χ3v) is 4.75. The normalized spacial score (nSPS) is 11.9. The molecular formula is C21H22N2O2. The van der Waals surface area contributed by atoms with Crippen molar-refractivity contribution in [3.8, 4) is 0 Å². The Labute approximate surface area is 147 Å². The highest BCUT2D eigenvalue weighted by Crippen LogP contribution is 2.29. The fourth-order valence-corrected chi connectivity index (χ4v) is 3.25. The van der Waals surface area contributed by atoms with Crippen LogP contribution in [0.15, 0.2) is 48.2 Å². The Morgan fingerprint density at radius 3 is 2.60 bits per heavy atom. The van der Waals surface area contributed by atoms with E-state index in [-0.39, 0.29) is 10.6 Å². The molecule has 0 aliphatic carbocycles. The quantitative estimate of drug-likeness (QED) is 0.483. The SMILES string of the molecule is C/C(=C\c1c(C)n(Cc2cc(C)ccc2C)c2ccccc12)[N+](=O)[O-]. The number of aromatic nitrogens is 1. The second-order valence-corrected chi connectivity index (χ2v) is 6.58. The van der Waals surface area contributed by atoms with E-state index in [4.69, 9.17) is 0 Å². The largest absolute Gasteiger partial charge is 0.340 e. The lowest BCUT2D eigenvalue weighted by Crippen LogP contribution is -2.04. The van der Waals surface area contributed by atoms with Crippen LogP contribution in [0, 0.1) is 30.9 Å². The fraction of sp³-hybridized carbons (Fsp3) is 0.238. The predicted octanol–water partition coefficient (Wildman–Crippen LogP) is 5.25. The lowest BCUT2D eigenvalue weighted by Gasteiger charge is -2.12. The van der Waals surface area contributed by atoms with Crippen LogP contribution in [-0.2, 0) is 6.54 Å². The van der Waals surface area contributed by atoms with Crippen LogP contribution in [0.3, 0.4) is 0 Å². The third kappa shape index (κ3) is 3.20. The molecular weight excluding hydrogens is 312 g/mol. The molecule has 0 amide bonds. The first kappa shape index (κ1) is 17.0. The highest BCUT2D eigenvalue weighted by atomic mass is 16.6. The Morgan fingerprint density at radius 2 is 1.88 bits per heavy atom. The number of hydrogen-bond donors (Lipinski definition) is 0. The van der Waals surface area contributed by atoms with Crippen LogP contribution in [0.2, 0.25) is 0 Å². The molecule has 0 saturated heterocycles. The Balaban J connectivity index is 2.19. The van der Waals surface area contributed by atoms with Gasteiger partial charge in [-0.25, -0.2) is 0 Å². The number of nitrogens with zero attached hydrogens (tertiary/aromatic N) is 2. The van der Waals surface area contributed by atoms with Crippen molar-refractivity contribution < 1.29 is 4.92 Å². The van der Waals surface area contributed by atoms with Crippen molar-refractivity contribution in [3.63, 3.8) is 0 Å². The molecule has 128 valence electrons. The van der Waals surface area contributed by atoms with Gasteiger partial charge in [-0.1, -0.05) is 42.0 Å². The van der Waals surface area contributed by atoms with Crippen LogP contribution < -0.4 is 0 Å². The minimum Gasteiger partial charge on any atom is -0.340 e. The Kier molecular flexibility index (Phi) is 4.45. The second kappa shape index (κ2) is 6.55. The van der Waals surface area contributed by atoms with Crippen molar-refractivity contribution in [1.82, 2.24) is 4.57 Å². The molecule has 0 aliphatic heterocycles. The summed E-state index contributed by atoms with van der Waals surface area (Å²) in [6.07, 6.45) is 1.68. The highest BCUT2D eigenvalue weighted by Gasteiger charge is 2.15. The number of rotatable bonds is 4. The van der Waals surface area contributed by atoms with Gasteiger partial charge in [-0.3, -0.25) is 10.1 Å². The topological polar surface area (TPSA) is 48.1 Å². The predicted molar refractivity (Wildman–Crippen MR) is 102 cm³/mol. The average Bonchev–Trinajstić information content (AvgIpc) is 2.84. The first-order valence-electron chi connectivity index (χ1n) is 8.35. The molecule has 0 atom stereocenters. The van der Waals surface area contributed by atoms with Crippen molar-refractivity contribution in [2.24, 2.45) is 0 Å². The van der Waals surface area contributed by atoms with E-state index in [2.05, 4.69) is 42.7 Å². The molecule has 4 nitrogen and oxygen atoms in total. The van der Waals surface area contributed by atoms with E-state index in [9.17, 15) is 10.1 Å². The van der Waals surface area contributed by atoms with E-state index in [1.54, 1.807) is 6.08 Å². The van der Waals surface area contributed by atoms with Gasteiger partial charge in [-0.2, -0.15) is 0 Å². The molecule has 1 aromatic heterocycles. The molecule has 25 heavy (non-hydrogen) atoms. The van der Waals surface area contributed by atoms with Crippen molar-refractivity contribution >= 4 is 17.0 Å². The van der Waals surface area contributed by atoms with Gasteiger partial charge in [-0.15, -0.1) is 0 Å². The summed E-state index contributed by atoms with van der Waals surface area (Å²) in [6, 6.07) is 14.6. The lowest BCUT2D eigenvalue weighted by atomic mass is 10.1. The first-order chi connectivity index (χ1) is 11.9. The lowest BCUT2D eigenvalue weighted by molar-refractivity contribution is -0.422. The summed E-state index contributed by atoms with van der Waals surface area (Å²) in [5, 5.41) is 12.1. The fourth-order valence-electron chi connectivity index (χ4n) is 3.25. The summed E-state index contributed by atoms with van der Waals surface area (Å²) in [5.41, 5.74) is 6.98. The molecule has 3 rings (SSSR count). The highest BCUT2D eigenvalue weighted by molar-refractivity contribution is 5.91. The molecule has 0 aliphatic rings. The standard InChI is InChI=1S/C21H22N2O2/c1-14-9-10-15(2)18(11-14)13-22-17(4)20(12-16(3)23(24)25)19-7-5-6-8-21(19)22/h5-12H,13H2,1-4H3/b16-12+. The average molecular weight is 334 g/mol. The van der Waals surface area contributed by atoms with Gasteiger partial charge in [-0.05, 0) is 38.0 Å². The van der Waals surface area contributed by atoms with Crippen molar-refractivity contribution in [2.75, 3.05) is 0 Å². The molecule has 1 heterocycles. The smallest absolute Gasteiger partial charge is 0.243 e. The molecule has 3 aromatic rings. The Hall–Kier alpha value is -2.88. The van der Waals surface area contributed by atoms with Gasteiger partial charge in [0.25, 0.3) is 0 Å². The van der Waals surface area contributed by atoms with Crippen molar-refractivity contribution in [2.45, 2.75) is 34.2 Å². The van der Waals surface area contributed by atoms with E-state index in [0.29, 0.717) is 0 Å². The van der Waals surface area contributed by atoms with Crippen molar-refractivity contribution in [3.05, 3.63) is 86.2 Å². The summed E-state index contributed by atoms with van der Waals surface area (Å²) < 4.78 is 2.25. The molecule has 0 N–H and O–H groups in total. The van der Waals surface area contributed by atoms with Crippen LogP contribution >= 0.6 is 0 Å². The molecule has 0 radical (unpaired) electrons. The maximum Gasteiger partial charge on any atom is 0.243 e. The number of aryl methyl sites for hydroxylation is 2. The van der Waals surface area contributed by atoms with Crippen LogP contribution in [0.4, 0.5) is 0 Å². The van der Waals surface area contributed by atoms with Gasteiger partial charge in [0.2, 0.25) is 5.70 Å². The minimum absolute atomic E-state index is 0.151. The van der Waals surface area contributed by atoms with Crippen LogP contribution in [0.1, 0.15) is 34.9 Å². The number of benzene rings is 2. The molecule has 0 saturated carbocycles. The van der Waals surface area contributed by atoms with Crippen LogP contribution in [0.5, 0.6) is 0 Å². The van der Waals surface area contributed by atoms with E-state index in [1.165, 1.54) is 23.6 Å². The monoisotopic (exact) mass is 334 g/mol. The molecule has 0 fully saturated rings. The zero-order valence-corrected chi connectivity index (χ0v) is 15.0. The second-order valence-electron chi connectivity index (χ2n) is 6.58. The van der Waals surface area contributed by atoms with Gasteiger partial charge in [0.1, 0.15) is 0 Å². The summed E-state index contributed by atoms with van der Waals surface area (Å²) in [6.45, 7) is 8.54. The zero-order valence-electron chi connectivity index (χ0n) is 15.0. The van der Waals surface area contributed by atoms with E-state index >= 15 is 0 Å². The third-order valence-electron chi connectivity index (χ3n) is 4.75. The Morgan fingerprint density at radius 1 is 1.16 bits per heavy atom. The number of fused-ring (bicyclic) bond motifs is 1. The van der Waals surface area contributed by atoms with Gasteiger partial charge >= 0.3 is 0 Å². The van der Waals surface area contributed by atoms with Gasteiger partial charge < -0.3 is 4.57 Å². The zero-order chi connectivity index (χ0) is 18.1. The Bertz CT molecular complexity index is 997. The van der Waals surface area contributed by atoms with E-state index in [0.717, 1.165) is 28.7 Å². The number of allylic oxidation sites excluding steroid dienone is 1. The van der Waals surface area contributed by atoms with E-state index < -0.39 is 0 Å². The summed E-state index contributed by atoms with van der Waals surface area (Å²) in [4.78, 5) is 10.7. The molecule has 4 heteroatoms. The molecule has 2 aromatic carbocycles. The van der Waals surface area contributed by atoms with Gasteiger partial charge in [0.15, 0.2) is 0 Å². The van der Waals surface area contributed by atoms with E-state index in [1.807, 2.05) is 25.1 Å². The first-order valence-corrected chi connectivity index (χ1v) is 8.35. The maximum atomic E-state index is 11.1. The molecule has 0 bridgehead atoms. The van der Waals surface area contributed by atoms with Crippen molar-refractivity contribution in [1.29, 1.82) is 0 Å². The van der Waals surface area contributed by atoms with Gasteiger partial charge in [0.05, 0.1) is 4.92 Å². The van der Waals surface area contributed by atoms with Gasteiger partial charge in [0, 0.05) is 41.7 Å². The minimum atomic E-state index is -0.337. The van der Waals surface area contributed by atoms with Crippen LogP contribution in [0.25, 0.3) is 17.0 Å².